The molecule has 0 unspecified atom stereocenters. The Kier molecular flexibility index (Phi) is 3.72. The van der Waals surface area contributed by atoms with Gasteiger partial charge in [-0.2, -0.15) is 0 Å². The molecule has 92 valence electrons. The van der Waals surface area contributed by atoms with Gasteiger partial charge in [-0.3, -0.25) is 4.79 Å². The van der Waals surface area contributed by atoms with Gasteiger partial charge in [-0.1, -0.05) is 24.3 Å². The number of ether oxygens (including phenoxy) is 1. The van der Waals surface area contributed by atoms with Crippen LogP contribution in [0.15, 0.2) is 42.5 Å². The molecule has 0 amide bonds. The molecule has 0 N–H and O–H groups in total. The normalized spacial score (nSPS) is 10.1. The second-order valence-corrected chi connectivity index (χ2v) is 3.78. The first-order valence-electron chi connectivity index (χ1n) is 5.73. The molecule has 3 heteroatoms. The van der Waals surface area contributed by atoms with Crippen LogP contribution in [0.4, 0.5) is 4.39 Å². The fourth-order valence-corrected chi connectivity index (χ4v) is 1.85. The molecular formula is C15H13FO2. The van der Waals surface area contributed by atoms with Crippen LogP contribution in [0.3, 0.4) is 0 Å². The molecule has 18 heavy (non-hydrogen) atoms. The van der Waals surface area contributed by atoms with E-state index in [4.69, 9.17) is 4.74 Å². The van der Waals surface area contributed by atoms with Crippen molar-refractivity contribution in [3.8, 4) is 16.9 Å². The predicted molar refractivity (Wildman–Crippen MR) is 68.4 cm³/mol. The Labute approximate surface area is 105 Å². The Balaban J connectivity index is 2.57. The Morgan fingerprint density at radius 3 is 2.67 bits per heavy atom. The van der Waals surface area contributed by atoms with Crippen LogP contribution in [-0.4, -0.2) is 12.9 Å². The number of hydrogen-bond donors (Lipinski definition) is 0. The molecule has 0 aliphatic carbocycles. The van der Waals surface area contributed by atoms with E-state index in [9.17, 15) is 9.18 Å². The zero-order valence-electron chi connectivity index (χ0n) is 10.0. The number of aldehydes is 1. The zero-order valence-corrected chi connectivity index (χ0v) is 10.0. The van der Waals surface area contributed by atoms with Gasteiger partial charge in [-0.15, -0.1) is 0 Å². The van der Waals surface area contributed by atoms with Crippen LogP contribution in [0.2, 0.25) is 0 Å². The molecule has 0 bridgehead atoms. The third kappa shape index (κ3) is 2.40. The Bertz CT molecular complexity index is 564. The van der Waals surface area contributed by atoms with Crippen molar-refractivity contribution in [2.24, 2.45) is 0 Å². The third-order valence-electron chi connectivity index (χ3n) is 2.62. The van der Waals surface area contributed by atoms with Gasteiger partial charge in [0.2, 0.25) is 0 Å². The number of hydrogen-bond acceptors (Lipinski definition) is 2. The number of benzene rings is 2. The summed E-state index contributed by atoms with van der Waals surface area (Å²) in [6, 6.07) is 11.6. The minimum atomic E-state index is -0.422. The van der Waals surface area contributed by atoms with Crippen molar-refractivity contribution < 1.29 is 13.9 Å². The van der Waals surface area contributed by atoms with Gasteiger partial charge in [0.05, 0.1) is 6.61 Å². The average molecular weight is 244 g/mol. The van der Waals surface area contributed by atoms with Crippen molar-refractivity contribution in [2.75, 3.05) is 6.61 Å². The van der Waals surface area contributed by atoms with Crippen molar-refractivity contribution in [1.82, 2.24) is 0 Å². The number of halogens is 1. The molecule has 0 aliphatic rings. The lowest BCUT2D eigenvalue weighted by atomic mass is 9.99. The molecule has 0 saturated heterocycles. The maximum absolute atomic E-state index is 13.1. The van der Waals surface area contributed by atoms with Crippen molar-refractivity contribution >= 4 is 6.29 Å². The van der Waals surface area contributed by atoms with Crippen molar-refractivity contribution in [2.45, 2.75) is 6.92 Å². The van der Waals surface area contributed by atoms with E-state index in [0.717, 1.165) is 5.56 Å². The highest BCUT2D eigenvalue weighted by molar-refractivity contribution is 5.89. The van der Waals surface area contributed by atoms with E-state index in [1.165, 1.54) is 12.1 Å². The van der Waals surface area contributed by atoms with Gasteiger partial charge in [0.15, 0.2) is 6.29 Å². The van der Waals surface area contributed by atoms with Crippen LogP contribution in [-0.2, 0) is 0 Å². The molecule has 2 aromatic carbocycles. The van der Waals surface area contributed by atoms with Gasteiger partial charge in [0, 0.05) is 11.1 Å². The third-order valence-corrected chi connectivity index (χ3v) is 2.62. The van der Waals surface area contributed by atoms with Crippen molar-refractivity contribution in [3.63, 3.8) is 0 Å². The number of rotatable bonds is 4. The standard InChI is InChI=1S/C15H13FO2/c1-2-18-15-6-4-3-5-14(15)13-8-7-12(16)9-11(13)10-17/h3-10H,2H2,1H3. The number of carbonyl (C=O) groups excluding carboxylic acids is 1. The quantitative estimate of drug-likeness (QED) is 0.766. The Morgan fingerprint density at radius 1 is 1.17 bits per heavy atom. The minimum absolute atomic E-state index is 0.321. The lowest BCUT2D eigenvalue weighted by Crippen LogP contribution is -1.96. The van der Waals surface area contributed by atoms with E-state index in [1.54, 1.807) is 6.07 Å². The molecule has 0 atom stereocenters. The first kappa shape index (κ1) is 12.3. The SMILES string of the molecule is CCOc1ccccc1-c1ccc(F)cc1C=O. The van der Waals surface area contributed by atoms with Crippen LogP contribution in [0.1, 0.15) is 17.3 Å². The smallest absolute Gasteiger partial charge is 0.150 e. The number of carbonyl (C=O) groups is 1. The van der Waals surface area contributed by atoms with Crippen LogP contribution in [0, 0.1) is 5.82 Å². The lowest BCUT2D eigenvalue weighted by Gasteiger charge is -2.11. The minimum Gasteiger partial charge on any atom is -0.493 e. The van der Waals surface area contributed by atoms with Gasteiger partial charge in [0.25, 0.3) is 0 Å². The van der Waals surface area contributed by atoms with Crippen LogP contribution >= 0.6 is 0 Å². The molecule has 0 saturated carbocycles. The summed E-state index contributed by atoms with van der Waals surface area (Å²) in [7, 11) is 0. The van der Waals surface area contributed by atoms with Crippen molar-refractivity contribution in [3.05, 3.63) is 53.8 Å². The molecule has 0 aliphatic heterocycles. The summed E-state index contributed by atoms with van der Waals surface area (Å²) in [5.74, 6) is 0.268. The highest BCUT2D eigenvalue weighted by Crippen LogP contribution is 2.32. The lowest BCUT2D eigenvalue weighted by molar-refractivity contribution is 0.112. The van der Waals surface area contributed by atoms with Gasteiger partial charge in [0.1, 0.15) is 11.6 Å². The van der Waals surface area contributed by atoms with Crippen LogP contribution < -0.4 is 4.74 Å². The summed E-state index contributed by atoms with van der Waals surface area (Å²) < 4.78 is 18.6. The second kappa shape index (κ2) is 5.45. The molecule has 2 rings (SSSR count). The summed E-state index contributed by atoms with van der Waals surface area (Å²) in [6.45, 7) is 2.43. The summed E-state index contributed by atoms with van der Waals surface area (Å²) in [4.78, 5) is 11.0. The monoisotopic (exact) mass is 244 g/mol. The molecule has 0 aromatic heterocycles. The van der Waals surface area contributed by atoms with E-state index in [0.29, 0.717) is 29.8 Å². The van der Waals surface area contributed by atoms with Gasteiger partial charge in [-0.05, 0) is 30.7 Å². The van der Waals surface area contributed by atoms with Gasteiger partial charge in [-0.25, -0.2) is 4.39 Å². The van der Waals surface area contributed by atoms with Crippen LogP contribution in [0.5, 0.6) is 5.75 Å². The zero-order chi connectivity index (χ0) is 13.0. The summed E-state index contributed by atoms with van der Waals surface area (Å²) in [5, 5.41) is 0. The molecule has 0 fully saturated rings. The van der Waals surface area contributed by atoms with E-state index in [-0.39, 0.29) is 0 Å². The predicted octanol–water partition coefficient (Wildman–Crippen LogP) is 3.70. The fourth-order valence-electron chi connectivity index (χ4n) is 1.85. The molecular weight excluding hydrogens is 231 g/mol. The number of para-hydroxylation sites is 1. The van der Waals surface area contributed by atoms with Gasteiger partial charge < -0.3 is 4.74 Å². The highest BCUT2D eigenvalue weighted by Gasteiger charge is 2.10. The summed E-state index contributed by atoms with van der Waals surface area (Å²) in [5.41, 5.74) is 1.79. The summed E-state index contributed by atoms with van der Waals surface area (Å²) >= 11 is 0. The molecule has 2 nitrogen and oxygen atoms in total. The van der Waals surface area contributed by atoms with E-state index in [2.05, 4.69) is 0 Å². The van der Waals surface area contributed by atoms with E-state index < -0.39 is 5.82 Å². The van der Waals surface area contributed by atoms with Crippen molar-refractivity contribution in [1.29, 1.82) is 0 Å². The Morgan fingerprint density at radius 2 is 1.94 bits per heavy atom. The first-order chi connectivity index (χ1) is 8.76. The topological polar surface area (TPSA) is 26.3 Å². The second-order valence-electron chi connectivity index (χ2n) is 3.78. The molecule has 0 heterocycles. The maximum atomic E-state index is 13.1. The fraction of sp³-hybridized carbons (Fsp3) is 0.133. The van der Waals surface area contributed by atoms with E-state index >= 15 is 0 Å². The average Bonchev–Trinajstić information content (AvgIpc) is 2.40. The molecule has 2 aromatic rings. The molecule has 0 spiro atoms. The summed E-state index contributed by atoms with van der Waals surface area (Å²) in [6.07, 6.45) is 0.654. The first-order valence-corrected chi connectivity index (χ1v) is 5.73. The van der Waals surface area contributed by atoms with E-state index in [1.807, 2.05) is 31.2 Å². The van der Waals surface area contributed by atoms with Crippen LogP contribution in [0.25, 0.3) is 11.1 Å². The Hall–Kier alpha value is -2.16. The molecule has 0 radical (unpaired) electrons. The van der Waals surface area contributed by atoms with Gasteiger partial charge >= 0.3 is 0 Å². The maximum Gasteiger partial charge on any atom is 0.150 e. The largest absolute Gasteiger partial charge is 0.493 e. The highest BCUT2D eigenvalue weighted by atomic mass is 19.1.